The maximum atomic E-state index is 6.24. The van der Waals surface area contributed by atoms with E-state index in [-0.39, 0.29) is 0 Å². The van der Waals surface area contributed by atoms with E-state index in [0.29, 0.717) is 30.2 Å². The molecule has 4 aromatic heterocycles. The lowest BCUT2D eigenvalue weighted by molar-refractivity contribution is -0.716. The molecule has 0 aliphatic carbocycles. The highest BCUT2D eigenvalue weighted by molar-refractivity contribution is 6.31. The molecule has 1 atom stereocenters. The summed E-state index contributed by atoms with van der Waals surface area (Å²) in [4.78, 5) is 2.48. The molecule has 4 heterocycles. The Morgan fingerprint density at radius 1 is 0.731 bits per heavy atom. The van der Waals surface area contributed by atoms with Gasteiger partial charge in [-0.15, -0.1) is 10.2 Å². The van der Waals surface area contributed by atoms with E-state index >= 15 is 0 Å². The number of aromatic nitrogens is 6. The number of rotatable bonds is 12. The van der Waals surface area contributed by atoms with Crippen LogP contribution in [0.2, 0.25) is 5.02 Å². The molecular formula is C43H68ClN8+3. The van der Waals surface area contributed by atoms with Crippen molar-refractivity contribution in [3.8, 4) is 0 Å². The molecule has 9 heteroatoms. The number of pyridine rings is 3. The highest BCUT2D eigenvalue weighted by Crippen LogP contribution is 2.25. The molecule has 5 rings (SSSR count). The Balaban J connectivity index is 0.000000281. The lowest BCUT2D eigenvalue weighted by Crippen LogP contribution is -2.36. The molecule has 1 aromatic carbocycles. The first-order valence-corrected chi connectivity index (χ1v) is 19.5. The molecule has 8 nitrogen and oxygen atoms in total. The van der Waals surface area contributed by atoms with Crippen LogP contribution in [0.3, 0.4) is 0 Å². The van der Waals surface area contributed by atoms with E-state index in [1.807, 2.05) is 28.8 Å². The summed E-state index contributed by atoms with van der Waals surface area (Å²) in [5.74, 6) is 0. The molecular weight excluding hydrogens is 664 g/mol. The van der Waals surface area contributed by atoms with E-state index in [1.165, 1.54) is 41.5 Å². The van der Waals surface area contributed by atoms with Crippen LogP contribution in [0.5, 0.6) is 0 Å². The summed E-state index contributed by atoms with van der Waals surface area (Å²) in [6.45, 7) is 29.5. The van der Waals surface area contributed by atoms with Gasteiger partial charge in [-0.3, -0.25) is 0 Å². The molecule has 0 saturated heterocycles. The normalized spacial score (nSPS) is 11.6. The summed E-state index contributed by atoms with van der Waals surface area (Å²) in [6, 6.07) is 21.2. The number of benzene rings is 1. The number of halogens is 1. The molecule has 0 aliphatic rings. The first-order valence-electron chi connectivity index (χ1n) is 19.2. The van der Waals surface area contributed by atoms with E-state index in [9.17, 15) is 0 Å². The molecule has 0 saturated carbocycles. The Hall–Kier alpha value is -3.88. The van der Waals surface area contributed by atoms with Gasteiger partial charge in [0.25, 0.3) is 0 Å². The second kappa shape index (κ2) is 23.6. The first-order chi connectivity index (χ1) is 24.8. The second-order valence-corrected chi connectivity index (χ2v) is 14.9. The van der Waals surface area contributed by atoms with Gasteiger partial charge in [0.05, 0.1) is 11.1 Å². The molecule has 0 amide bonds. The van der Waals surface area contributed by atoms with Crippen molar-refractivity contribution in [3.05, 3.63) is 109 Å². The van der Waals surface area contributed by atoms with Gasteiger partial charge in [0.1, 0.15) is 12.7 Å². The zero-order valence-corrected chi connectivity index (χ0v) is 34.9. The van der Waals surface area contributed by atoms with Crippen LogP contribution in [0.4, 0.5) is 5.69 Å². The fraction of sp³-hybridized carbons (Fsp3) is 0.512. The molecule has 1 N–H and O–H groups in total. The number of hydrogen-bond acceptors (Lipinski definition) is 4. The predicted octanol–water partition coefficient (Wildman–Crippen LogP) is 9.56. The summed E-state index contributed by atoms with van der Waals surface area (Å²) < 4.78 is 8.57. The SMILES string of the molecule is CC(C)[n+]1ccccc1.CC(C)n1cnnc1.CCN(CC)CCCC(C)Nc1cc[n+](C(C)C)c2cc(Cl)ccc12.Cc1cc[n+](C(C)C)cc1. The molecule has 1 unspecified atom stereocenters. The topological polar surface area (TPSA) is 57.6 Å². The number of hydrogen-bond donors (Lipinski definition) is 1. The van der Waals surface area contributed by atoms with E-state index < -0.39 is 0 Å². The zero-order chi connectivity index (χ0) is 38.6. The number of nitrogens with one attached hydrogen (secondary N) is 1. The van der Waals surface area contributed by atoms with Crippen molar-refractivity contribution < 1.29 is 13.7 Å². The van der Waals surface area contributed by atoms with Gasteiger partial charge in [-0.25, -0.2) is 9.13 Å². The fourth-order valence-corrected chi connectivity index (χ4v) is 5.60. The second-order valence-electron chi connectivity index (χ2n) is 14.4. The quantitative estimate of drug-likeness (QED) is 0.130. The van der Waals surface area contributed by atoms with Gasteiger partial charge < -0.3 is 14.8 Å². The zero-order valence-electron chi connectivity index (χ0n) is 34.2. The Morgan fingerprint density at radius 3 is 1.79 bits per heavy atom. The Morgan fingerprint density at radius 2 is 1.31 bits per heavy atom. The van der Waals surface area contributed by atoms with Crippen LogP contribution in [0.25, 0.3) is 10.9 Å². The molecule has 284 valence electrons. The van der Waals surface area contributed by atoms with E-state index in [2.05, 4.69) is 179 Å². The lowest BCUT2D eigenvalue weighted by atomic mass is 10.1. The van der Waals surface area contributed by atoms with Gasteiger partial charge in [0.2, 0.25) is 5.52 Å². The molecule has 0 spiro atoms. The number of anilines is 1. The van der Waals surface area contributed by atoms with Gasteiger partial charge in [0, 0.05) is 53.5 Å². The average Bonchev–Trinajstić information content (AvgIpc) is 3.67. The highest BCUT2D eigenvalue weighted by atomic mass is 35.5. The molecule has 0 fully saturated rings. The Kier molecular flexibility index (Phi) is 20.1. The first kappa shape index (κ1) is 44.3. The molecule has 52 heavy (non-hydrogen) atoms. The molecule has 0 aliphatic heterocycles. The van der Waals surface area contributed by atoms with Crippen LogP contribution < -0.4 is 19.0 Å². The summed E-state index contributed by atoms with van der Waals surface area (Å²) in [5, 5.41) is 13.0. The third kappa shape index (κ3) is 15.8. The minimum absolute atomic E-state index is 0.404. The van der Waals surface area contributed by atoms with E-state index in [4.69, 9.17) is 11.6 Å². The summed E-state index contributed by atoms with van der Waals surface area (Å²) in [7, 11) is 0. The van der Waals surface area contributed by atoms with E-state index in [0.717, 1.165) is 18.1 Å². The van der Waals surface area contributed by atoms with Crippen molar-refractivity contribution in [3.63, 3.8) is 0 Å². The maximum Gasteiger partial charge on any atom is 0.216 e. The largest absolute Gasteiger partial charge is 0.382 e. The predicted molar refractivity (Wildman–Crippen MR) is 219 cm³/mol. The number of aryl methyl sites for hydroxylation is 1. The standard InChI is InChI=1S/C21H32ClN3.C9H14N.C8H12N.C5H9N3/c1-6-24(7-2)13-8-9-17(5)23-20-12-14-25(16(3)4)21-15-18(22)10-11-19(20)21;1-8(2)10-6-4-9(3)5-7-10;1-8(2)9-6-4-3-5-7-9;1-5(2)8-3-6-7-4-8/h10-12,14-17H,6-9,13H2,1-5H3;4-8H,1-3H3;3-8H,1-2H3;3-5H,1-2H3/q;2*+1;/p+1. The summed E-state index contributed by atoms with van der Waals surface area (Å²) >= 11 is 6.24. The van der Waals surface area contributed by atoms with E-state index in [1.54, 1.807) is 12.7 Å². The molecule has 0 bridgehead atoms. The Bertz CT molecular complexity index is 1650. The van der Waals surface area contributed by atoms with Crippen molar-refractivity contribution in [2.45, 2.75) is 126 Å². The highest BCUT2D eigenvalue weighted by Gasteiger charge is 2.17. The van der Waals surface area contributed by atoms with Crippen molar-refractivity contribution in [1.29, 1.82) is 0 Å². The van der Waals surface area contributed by atoms with Crippen molar-refractivity contribution in [2.75, 3.05) is 25.0 Å². The third-order valence-electron chi connectivity index (χ3n) is 8.88. The smallest absolute Gasteiger partial charge is 0.216 e. The number of nitrogens with zero attached hydrogens (tertiary/aromatic N) is 7. The number of fused-ring (bicyclic) bond motifs is 1. The average molecular weight is 733 g/mol. The van der Waals surface area contributed by atoms with Gasteiger partial charge in [0.15, 0.2) is 49.1 Å². The monoisotopic (exact) mass is 732 g/mol. The molecule has 0 radical (unpaired) electrons. The van der Waals surface area contributed by atoms with Gasteiger partial charge in [-0.1, -0.05) is 31.5 Å². The molecule has 5 aromatic rings. The third-order valence-corrected chi connectivity index (χ3v) is 9.11. The van der Waals surface area contributed by atoms with Gasteiger partial charge in [-0.05, 0) is 119 Å². The summed E-state index contributed by atoms with van der Waals surface area (Å²) in [5.41, 5.74) is 3.69. The lowest BCUT2D eigenvalue weighted by Gasteiger charge is -2.20. The van der Waals surface area contributed by atoms with Gasteiger partial charge in [-0.2, -0.15) is 4.57 Å². The Labute approximate surface area is 320 Å². The van der Waals surface area contributed by atoms with Gasteiger partial charge >= 0.3 is 0 Å². The minimum Gasteiger partial charge on any atom is -0.382 e. The van der Waals surface area contributed by atoms with Crippen LogP contribution in [0.1, 0.15) is 119 Å². The maximum absolute atomic E-state index is 6.24. The van der Waals surface area contributed by atoms with Crippen molar-refractivity contribution in [1.82, 2.24) is 19.7 Å². The minimum atomic E-state index is 0.404. The van der Waals surface area contributed by atoms with Crippen LogP contribution in [0.15, 0.2) is 98.2 Å². The summed E-state index contributed by atoms with van der Waals surface area (Å²) in [6.07, 6.45) is 16.3. The van der Waals surface area contributed by atoms with Crippen molar-refractivity contribution in [2.24, 2.45) is 0 Å². The van der Waals surface area contributed by atoms with Crippen LogP contribution in [-0.4, -0.2) is 45.3 Å². The fourth-order valence-electron chi connectivity index (χ4n) is 5.43. The van der Waals surface area contributed by atoms with Crippen LogP contribution in [-0.2, 0) is 0 Å². The van der Waals surface area contributed by atoms with Crippen LogP contribution in [0, 0.1) is 6.92 Å². The van der Waals surface area contributed by atoms with Crippen LogP contribution >= 0.6 is 11.6 Å². The van der Waals surface area contributed by atoms with Crippen molar-refractivity contribution >= 4 is 28.2 Å².